The van der Waals surface area contributed by atoms with Crippen molar-refractivity contribution < 1.29 is 14.6 Å². The molecule has 5 rings (SSSR count). The zero-order chi connectivity index (χ0) is 24.8. The van der Waals surface area contributed by atoms with Crippen molar-refractivity contribution in [2.24, 2.45) is 5.41 Å². The Morgan fingerprint density at radius 2 is 2.11 bits per heavy atom. The Morgan fingerprint density at radius 3 is 2.80 bits per heavy atom. The van der Waals surface area contributed by atoms with E-state index in [9.17, 15) is 9.90 Å². The third kappa shape index (κ3) is 4.45. The maximum Gasteiger partial charge on any atom is 0.291 e. The number of anilines is 1. The van der Waals surface area contributed by atoms with Crippen molar-refractivity contribution in [3.63, 3.8) is 0 Å². The number of imidazole rings is 1. The first-order chi connectivity index (χ1) is 16.6. The smallest absolute Gasteiger partial charge is 0.291 e. The summed E-state index contributed by atoms with van der Waals surface area (Å²) in [4.78, 5) is 24.6. The molecule has 0 aromatic carbocycles. The number of carbonyl (C=O) groups is 1. The van der Waals surface area contributed by atoms with Crippen LogP contribution in [-0.2, 0) is 4.74 Å². The number of aromatic nitrogens is 3. The first-order valence-electron chi connectivity index (χ1n) is 11.8. The van der Waals surface area contributed by atoms with E-state index in [0.29, 0.717) is 12.1 Å². The highest BCUT2D eigenvalue weighted by atomic mass is 16.5. The molecule has 2 bridgehead atoms. The second-order valence-electron chi connectivity index (χ2n) is 10.6. The van der Waals surface area contributed by atoms with Gasteiger partial charge in [-0.2, -0.15) is 5.26 Å². The number of nitriles is 1. The van der Waals surface area contributed by atoms with Crippen molar-refractivity contribution >= 4 is 22.7 Å². The predicted octanol–water partition coefficient (Wildman–Crippen LogP) is 4.39. The summed E-state index contributed by atoms with van der Waals surface area (Å²) in [6, 6.07) is 5.70. The summed E-state index contributed by atoms with van der Waals surface area (Å²) >= 11 is 0. The number of allylic oxidation sites excluding steroid dienone is 2. The average Bonchev–Trinajstić information content (AvgIpc) is 3.41. The van der Waals surface area contributed by atoms with Gasteiger partial charge >= 0.3 is 0 Å². The monoisotopic (exact) mass is 471 g/mol. The van der Waals surface area contributed by atoms with Gasteiger partial charge in [0.2, 0.25) is 0 Å². The van der Waals surface area contributed by atoms with Crippen LogP contribution in [-0.4, -0.2) is 43.8 Å². The third-order valence-electron chi connectivity index (χ3n) is 7.01. The number of carbonyl (C=O) groups excluding carboxylic acids is 1. The minimum Gasteiger partial charge on any atom is -0.393 e. The topological polar surface area (TPSA) is 124 Å². The predicted molar refractivity (Wildman–Crippen MR) is 132 cm³/mol. The Bertz CT molecular complexity index is 1330. The van der Waals surface area contributed by atoms with E-state index in [0.717, 1.165) is 41.8 Å². The summed E-state index contributed by atoms with van der Waals surface area (Å²) in [6.45, 7) is 6.37. The molecule has 180 valence electrons. The number of nitrogens with zero attached hydrogens (tertiary/aromatic N) is 3. The Morgan fingerprint density at radius 1 is 1.29 bits per heavy atom. The highest BCUT2D eigenvalue weighted by molar-refractivity contribution is 6.03. The van der Waals surface area contributed by atoms with E-state index in [4.69, 9.17) is 15.0 Å². The molecule has 0 spiro atoms. The van der Waals surface area contributed by atoms with Crippen molar-refractivity contribution in [3.05, 3.63) is 65.5 Å². The second kappa shape index (κ2) is 8.29. The van der Waals surface area contributed by atoms with E-state index in [-0.39, 0.29) is 23.5 Å². The number of aromatic amines is 1. The fourth-order valence-electron chi connectivity index (χ4n) is 4.96. The van der Waals surface area contributed by atoms with E-state index in [2.05, 4.69) is 35.2 Å². The molecule has 2 unspecified atom stereocenters. The summed E-state index contributed by atoms with van der Waals surface area (Å²) in [5, 5.41) is 22.0. The summed E-state index contributed by atoms with van der Waals surface area (Å²) in [7, 11) is 0. The Kier molecular flexibility index (Phi) is 5.50. The molecule has 0 saturated carbocycles. The lowest BCUT2D eigenvalue weighted by Crippen LogP contribution is -2.40. The Hall–Kier alpha value is -3.54. The molecule has 8 nitrogen and oxygen atoms in total. The summed E-state index contributed by atoms with van der Waals surface area (Å²) in [6.07, 6.45) is 12.9. The van der Waals surface area contributed by atoms with Gasteiger partial charge in [-0.1, -0.05) is 26.0 Å². The number of pyridine rings is 1. The van der Waals surface area contributed by atoms with Gasteiger partial charge in [-0.15, -0.1) is 0 Å². The van der Waals surface area contributed by atoms with Gasteiger partial charge < -0.3 is 20.1 Å². The standard InChI is InChI=1S/C27H29N5O3/c1-25(2)8-6-17(7-9-25)22-21(32-24(34)23-29-15-19(14-28)30-23)5-4-20(31-22)18-12-26(3)10-11-27(13-18,16-33)35-26/h4-6,10-11,13,15,33H,7-9,12,16H2,1-3H3,(H,29,30)(H,32,34). The van der Waals surface area contributed by atoms with E-state index >= 15 is 0 Å². The first-order valence-corrected chi connectivity index (χ1v) is 11.8. The Balaban J connectivity index is 1.52. The van der Waals surface area contributed by atoms with E-state index < -0.39 is 17.1 Å². The fraction of sp³-hybridized carbons (Fsp3) is 0.407. The normalized spacial score (nSPS) is 26.6. The number of aliphatic hydroxyl groups is 1. The summed E-state index contributed by atoms with van der Waals surface area (Å²) in [5.41, 5.74) is 3.34. The van der Waals surface area contributed by atoms with Gasteiger partial charge in [0.1, 0.15) is 17.4 Å². The molecule has 3 N–H and O–H groups in total. The number of hydrogen-bond donors (Lipinski definition) is 3. The molecule has 1 aliphatic carbocycles. The van der Waals surface area contributed by atoms with Crippen LogP contribution >= 0.6 is 0 Å². The van der Waals surface area contributed by atoms with Gasteiger partial charge in [-0.3, -0.25) is 4.79 Å². The average molecular weight is 472 g/mol. The number of ether oxygens (including phenoxy) is 1. The highest BCUT2D eigenvalue weighted by Crippen LogP contribution is 2.45. The molecule has 2 aromatic heterocycles. The van der Waals surface area contributed by atoms with Crippen LogP contribution in [0.4, 0.5) is 5.69 Å². The number of rotatable bonds is 5. The van der Waals surface area contributed by atoms with E-state index in [1.54, 1.807) is 0 Å². The van der Waals surface area contributed by atoms with Gasteiger partial charge in [0.15, 0.2) is 5.82 Å². The van der Waals surface area contributed by atoms with E-state index in [1.807, 2.05) is 43.4 Å². The summed E-state index contributed by atoms with van der Waals surface area (Å²) < 4.78 is 6.11. The van der Waals surface area contributed by atoms with Crippen molar-refractivity contribution in [1.29, 1.82) is 5.26 Å². The quantitative estimate of drug-likeness (QED) is 0.556. The lowest BCUT2D eigenvalue weighted by Gasteiger charge is -2.36. The number of H-pyrrole nitrogens is 1. The van der Waals surface area contributed by atoms with Crippen molar-refractivity contribution in [3.8, 4) is 6.07 Å². The van der Waals surface area contributed by atoms with Crippen LogP contribution in [0.1, 0.15) is 74.2 Å². The molecule has 1 amide bonds. The van der Waals surface area contributed by atoms with Gasteiger partial charge in [0, 0.05) is 6.42 Å². The summed E-state index contributed by atoms with van der Waals surface area (Å²) in [5.74, 6) is -0.360. The first kappa shape index (κ1) is 23.2. The van der Waals surface area contributed by atoms with Crippen LogP contribution in [0.3, 0.4) is 0 Å². The zero-order valence-electron chi connectivity index (χ0n) is 20.2. The second-order valence-corrected chi connectivity index (χ2v) is 10.6. The molecule has 8 heteroatoms. The molecule has 0 fully saturated rings. The molecule has 2 aliphatic heterocycles. The van der Waals surface area contributed by atoms with Crippen molar-refractivity contribution in [1.82, 2.24) is 15.0 Å². The van der Waals surface area contributed by atoms with Gasteiger partial charge in [-0.05, 0) is 67.0 Å². The maximum absolute atomic E-state index is 12.9. The molecular weight excluding hydrogens is 442 g/mol. The number of nitrogens with one attached hydrogen (secondary N) is 2. The third-order valence-corrected chi connectivity index (χ3v) is 7.01. The molecule has 2 aromatic rings. The van der Waals surface area contributed by atoms with Gasteiger partial charge in [0.25, 0.3) is 5.91 Å². The number of hydrogen-bond acceptors (Lipinski definition) is 6. The van der Waals surface area contributed by atoms with Crippen molar-refractivity contribution in [2.45, 2.75) is 57.7 Å². The maximum atomic E-state index is 12.9. The number of aliphatic hydroxyl groups excluding tert-OH is 1. The lowest BCUT2D eigenvalue weighted by molar-refractivity contribution is -0.0798. The van der Waals surface area contributed by atoms with Crippen LogP contribution in [0.5, 0.6) is 0 Å². The molecule has 2 atom stereocenters. The molecule has 4 heterocycles. The molecule has 35 heavy (non-hydrogen) atoms. The largest absolute Gasteiger partial charge is 0.393 e. The number of fused-ring (bicyclic) bond motifs is 2. The van der Waals surface area contributed by atoms with Crippen LogP contribution in [0.2, 0.25) is 0 Å². The van der Waals surface area contributed by atoms with Crippen LogP contribution in [0, 0.1) is 16.7 Å². The minimum atomic E-state index is -0.830. The van der Waals surface area contributed by atoms with Crippen LogP contribution in [0.15, 0.2) is 42.6 Å². The molecular formula is C27H29N5O3. The Labute approximate surface area is 204 Å². The molecule has 0 radical (unpaired) electrons. The fourth-order valence-corrected chi connectivity index (χ4v) is 4.96. The zero-order valence-corrected chi connectivity index (χ0v) is 20.2. The van der Waals surface area contributed by atoms with Crippen LogP contribution in [0.25, 0.3) is 11.1 Å². The van der Waals surface area contributed by atoms with Gasteiger partial charge in [0.05, 0.1) is 35.5 Å². The minimum absolute atomic E-state index is 0.0722. The van der Waals surface area contributed by atoms with Gasteiger partial charge in [-0.25, -0.2) is 9.97 Å². The SMILES string of the molecule is CC1(C)CC=C(c2nc(C3=CC4(CO)C=CC(C)(C3)O4)ccc2NC(=O)c2ncc(C#N)[nH]2)CC1. The lowest BCUT2D eigenvalue weighted by atomic mass is 9.77. The van der Waals surface area contributed by atoms with E-state index in [1.165, 1.54) is 6.20 Å². The van der Waals surface area contributed by atoms with Crippen LogP contribution < -0.4 is 5.32 Å². The highest BCUT2D eigenvalue weighted by Gasteiger charge is 2.45. The number of amides is 1. The van der Waals surface area contributed by atoms with Crippen molar-refractivity contribution in [2.75, 3.05) is 11.9 Å². The molecule has 3 aliphatic rings. The molecule has 0 saturated heterocycles.